The van der Waals surface area contributed by atoms with E-state index in [1.54, 1.807) is 0 Å². The normalized spacial score (nSPS) is 16.6. The zero-order chi connectivity index (χ0) is 14.2. The lowest BCUT2D eigenvalue weighted by Crippen LogP contribution is -2.25. The molecule has 1 aliphatic rings. The third-order valence-electron chi connectivity index (χ3n) is 3.83. The van der Waals surface area contributed by atoms with Crippen LogP contribution in [-0.4, -0.2) is 13.2 Å². The largest absolute Gasteiger partial charge is 0.494 e. The molecule has 0 fully saturated rings. The number of benzene rings is 1. The van der Waals surface area contributed by atoms with Crippen LogP contribution in [0.2, 0.25) is 0 Å². The molecule has 1 aromatic carbocycles. The van der Waals surface area contributed by atoms with E-state index in [0.717, 1.165) is 25.3 Å². The number of nitrogens with one attached hydrogen (secondary N) is 1. The summed E-state index contributed by atoms with van der Waals surface area (Å²) in [5.41, 5.74) is 2.83. The van der Waals surface area contributed by atoms with Gasteiger partial charge in [0, 0.05) is 5.56 Å². The molecule has 0 radical (unpaired) electrons. The summed E-state index contributed by atoms with van der Waals surface area (Å²) in [7, 11) is 0. The van der Waals surface area contributed by atoms with Gasteiger partial charge in [0.1, 0.15) is 5.75 Å². The molecule has 1 aromatic rings. The van der Waals surface area contributed by atoms with Crippen molar-refractivity contribution in [2.24, 2.45) is 0 Å². The van der Waals surface area contributed by atoms with Crippen LogP contribution in [-0.2, 0) is 0 Å². The first-order valence-electron chi connectivity index (χ1n) is 8.00. The van der Waals surface area contributed by atoms with Crippen molar-refractivity contribution in [1.29, 1.82) is 0 Å². The number of allylic oxidation sites excluding steroid dienone is 1. The maximum Gasteiger partial charge on any atom is 0.124 e. The van der Waals surface area contributed by atoms with Crippen LogP contribution in [0.5, 0.6) is 5.75 Å². The van der Waals surface area contributed by atoms with Crippen LogP contribution >= 0.6 is 0 Å². The Labute approximate surface area is 123 Å². The maximum absolute atomic E-state index is 5.82. The topological polar surface area (TPSA) is 21.3 Å². The Balaban J connectivity index is 2.27. The van der Waals surface area contributed by atoms with Crippen molar-refractivity contribution in [2.45, 2.75) is 52.0 Å². The molecule has 0 saturated heterocycles. The fraction of sp³-hybridized carbons (Fsp3) is 0.556. The molecule has 0 aromatic heterocycles. The van der Waals surface area contributed by atoms with Crippen LogP contribution in [0, 0.1) is 0 Å². The van der Waals surface area contributed by atoms with Crippen LogP contribution in [0.4, 0.5) is 0 Å². The number of ether oxygens (including phenoxy) is 1. The number of hydrogen-bond donors (Lipinski definition) is 1. The number of rotatable bonds is 7. The maximum atomic E-state index is 5.82. The molecule has 0 amide bonds. The second-order valence-electron chi connectivity index (χ2n) is 5.38. The van der Waals surface area contributed by atoms with Crippen molar-refractivity contribution in [3.05, 3.63) is 41.5 Å². The second kappa shape index (κ2) is 8.11. The average Bonchev–Trinajstić information content (AvgIpc) is 2.50. The Hall–Kier alpha value is -1.28. The molecule has 1 atom stereocenters. The third-order valence-corrected chi connectivity index (χ3v) is 3.83. The average molecular weight is 273 g/mol. The van der Waals surface area contributed by atoms with Gasteiger partial charge in [-0.05, 0) is 51.6 Å². The predicted molar refractivity (Wildman–Crippen MR) is 85.2 cm³/mol. The molecule has 1 unspecified atom stereocenters. The van der Waals surface area contributed by atoms with E-state index < -0.39 is 0 Å². The molecule has 0 spiro atoms. The number of para-hydroxylation sites is 1. The Morgan fingerprint density at radius 3 is 2.75 bits per heavy atom. The van der Waals surface area contributed by atoms with Crippen molar-refractivity contribution >= 4 is 0 Å². The van der Waals surface area contributed by atoms with Gasteiger partial charge in [0.05, 0.1) is 12.6 Å². The van der Waals surface area contributed by atoms with E-state index in [4.69, 9.17) is 4.74 Å². The van der Waals surface area contributed by atoms with E-state index in [0.29, 0.717) is 6.04 Å². The van der Waals surface area contributed by atoms with Crippen LogP contribution in [0.15, 0.2) is 35.9 Å². The zero-order valence-corrected chi connectivity index (χ0v) is 12.8. The van der Waals surface area contributed by atoms with E-state index in [2.05, 4.69) is 42.6 Å². The lowest BCUT2D eigenvalue weighted by Gasteiger charge is -2.26. The highest BCUT2D eigenvalue weighted by Gasteiger charge is 2.20. The van der Waals surface area contributed by atoms with Gasteiger partial charge >= 0.3 is 0 Å². The van der Waals surface area contributed by atoms with E-state index in [-0.39, 0.29) is 0 Å². The van der Waals surface area contributed by atoms with Gasteiger partial charge in [0.15, 0.2) is 0 Å². The third kappa shape index (κ3) is 3.86. The first kappa shape index (κ1) is 15.1. The van der Waals surface area contributed by atoms with E-state index >= 15 is 0 Å². The summed E-state index contributed by atoms with van der Waals surface area (Å²) in [4.78, 5) is 0. The van der Waals surface area contributed by atoms with E-state index in [1.807, 2.05) is 6.92 Å². The minimum atomic E-state index is 0.318. The number of hydrogen-bond acceptors (Lipinski definition) is 2. The van der Waals surface area contributed by atoms with Gasteiger partial charge in [-0.25, -0.2) is 0 Å². The minimum Gasteiger partial charge on any atom is -0.494 e. The predicted octanol–water partition coefficient (Wildman–Crippen LogP) is 4.63. The molecule has 0 saturated carbocycles. The quantitative estimate of drug-likeness (QED) is 0.732. The van der Waals surface area contributed by atoms with Crippen molar-refractivity contribution in [2.75, 3.05) is 13.2 Å². The summed E-state index contributed by atoms with van der Waals surface area (Å²) in [5, 5.41) is 3.71. The van der Waals surface area contributed by atoms with Gasteiger partial charge in [-0.15, -0.1) is 0 Å². The standard InChI is InChI=1S/C18H27NO/c1-3-14-19-18(15-10-6-5-7-11-15)16-12-8-9-13-17(16)20-4-2/h8-10,12-13,18-19H,3-7,11,14H2,1-2H3. The molecule has 2 rings (SSSR count). The zero-order valence-electron chi connectivity index (χ0n) is 12.8. The molecule has 0 bridgehead atoms. The molecule has 0 aliphatic heterocycles. The van der Waals surface area contributed by atoms with Gasteiger partial charge in [-0.3, -0.25) is 0 Å². The molecule has 20 heavy (non-hydrogen) atoms. The lowest BCUT2D eigenvalue weighted by molar-refractivity contribution is 0.332. The highest BCUT2D eigenvalue weighted by Crippen LogP contribution is 2.34. The summed E-state index contributed by atoms with van der Waals surface area (Å²) >= 11 is 0. The first-order chi connectivity index (χ1) is 9.86. The van der Waals surface area contributed by atoms with E-state index in [1.165, 1.54) is 36.8 Å². The lowest BCUT2D eigenvalue weighted by atomic mass is 9.89. The fourth-order valence-electron chi connectivity index (χ4n) is 2.86. The van der Waals surface area contributed by atoms with Gasteiger partial charge in [-0.1, -0.05) is 36.8 Å². The molecule has 110 valence electrons. The summed E-state index contributed by atoms with van der Waals surface area (Å²) in [5.74, 6) is 1.02. The smallest absolute Gasteiger partial charge is 0.124 e. The summed E-state index contributed by atoms with van der Waals surface area (Å²) in [6, 6.07) is 8.78. The summed E-state index contributed by atoms with van der Waals surface area (Å²) < 4.78 is 5.82. The van der Waals surface area contributed by atoms with Crippen LogP contribution in [0.3, 0.4) is 0 Å². The Morgan fingerprint density at radius 2 is 2.05 bits per heavy atom. The summed E-state index contributed by atoms with van der Waals surface area (Å²) in [6.45, 7) is 6.03. The van der Waals surface area contributed by atoms with Crippen molar-refractivity contribution in [3.8, 4) is 5.75 Å². The van der Waals surface area contributed by atoms with Gasteiger partial charge in [-0.2, -0.15) is 0 Å². The SMILES string of the molecule is CCCNC(C1=CCCCC1)c1ccccc1OCC. The van der Waals surface area contributed by atoms with Crippen LogP contribution in [0.1, 0.15) is 57.6 Å². The van der Waals surface area contributed by atoms with Crippen LogP contribution < -0.4 is 10.1 Å². The Kier molecular flexibility index (Phi) is 6.13. The van der Waals surface area contributed by atoms with Crippen molar-refractivity contribution in [3.63, 3.8) is 0 Å². The first-order valence-corrected chi connectivity index (χ1v) is 8.00. The van der Waals surface area contributed by atoms with Crippen molar-refractivity contribution < 1.29 is 4.74 Å². The Morgan fingerprint density at radius 1 is 1.20 bits per heavy atom. The molecular formula is C18H27NO. The monoisotopic (exact) mass is 273 g/mol. The molecule has 1 aliphatic carbocycles. The van der Waals surface area contributed by atoms with Gasteiger partial charge < -0.3 is 10.1 Å². The second-order valence-corrected chi connectivity index (χ2v) is 5.38. The van der Waals surface area contributed by atoms with Crippen LogP contribution in [0.25, 0.3) is 0 Å². The minimum absolute atomic E-state index is 0.318. The van der Waals surface area contributed by atoms with E-state index in [9.17, 15) is 0 Å². The van der Waals surface area contributed by atoms with Gasteiger partial charge in [0.2, 0.25) is 0 Å². The fourth-order valence-corrected chi connectivity index (χ4v) is 2.86. The van der Waals surface area contributed by atoms with Crippen molar-refractivity contribution in [1.82, 2.24) is 5.32 Å². The highest BCUT2D eigenvalue weighted by atomic mass is 16.5. The molecule has 0 heterocycles. The molecule has 2 nitrogen and oxygen atoms in total. The molecule has 1 N–H and O–H groups in total. The summed E-state index contributed by atoms with van der Waals surface area (Å²) in [6.07, 6.45) is 8.66. The molecule has 2 heteroatoms. The highest BCUT2D eigenvalue weighted by molar-refractivity contribution is 5.40. The van der Waals surface area contributed by atoms with Gasteiger partial charge in [0.25, 0.3) is 0 Å². The molecular weight excluding hydrogens is 246 g/mol. The Bertz CT molecular complexity index is 439.